The molecule has 2 aromatic rings. The Labute approximate surface area is 121 Å². The van der Waals surface area contributed by atoms with Gasteiger partial charge in [0.05, 0.1) is 12.0 Å². The predicted octanol–water partition coefficient (Wildman–Crippen LogP) is 4.23. The third-order valence-corrected chi connectivity index (χ3v) is 3.50. The van der Waals surface area contributed by atoms with Gasteiger partial charge in [-0.05, 0) is 59.1 Å². The average molecular weight is 322 g/mol. The van der Waals surface area contributed by atoms with Gasteiger partial charge in [0, 0.05) is 17.3 Å². The number of furan rings is 1. The largest absolute Gasteiger partial charge is 0.469 e. The maximum atomic E-state index is 11.9. The van der Waals surface area contributed by atoms with Crippen molar-refractivity contribution >= 4 is 27.5 Å². The summed E-state index contributed by atoms with van der Waals surface area (Å²) in [5, 5.41) is 2.94. The molecule has 0 saturated heterocycles. The molecule has 0 unspecified atom stereocenters. The van der Waals surface area contributed by atoms with Crippen molar-refractivity contribution in [1.82, 2.24) is 0 Å². The Balaban J connectivity index is 1.99. The fraction of sp³-hybridized carbons (Fsp3) is 0.267. The van der Waals surface area contributed by atoms with Crippen LogP contribution in [0.2, 0.25) is 0 Å². The number of aryl methyl sites for hydroxylation is 3. The molecule has 1 aromatic carbocycles. The van der Waals surface area contributed by atoms with E-state index in [0.29, 0.717) is 12.8 Å². The molecule has 0 aliphatic carbocycles. The zero-order valence-electron chi connectivity index (χ0n) is 11.0. The Morgan fingerprint density at radius 3 is 2.79 bits per heavy atom. The highest BCUT2D eigenvalue weighted by Gasteiger charge is 2.09. The van der Waals surface area contributed by atoms with Gasteiger partial charge in [0.15, 0.2) is 0 Å². The zero-order chi connectivity index (χ0) is 13.8. The van der Waals surface area contributed by atoms with E-state index >= 15 is 0 Å². The number of amides is 1. The van der Waals surface area contributed by atoms with Gasteiger partial charge >= 0.3 is 0 Å². The first-order valence-electron chi connectivity index (χ1n) is 6.15. The number of carbonyl (C=O) groups excluding carboxylic acids is 1. The van der Waals surface area contributed by atoms with Crippen LogP contribution in [0.3, 0.4) is 0 Å². The molecule has 1 N–H and O–H groups in total. The number of carbonyl (C=O) groups is 1. The van der Waals surface area contributed by atoms with Gasteiger partial charge in [-0.2, -0.15) is 0 Å². The molecule has 19 heavy (non-hydrogen) atoms. The van der Waals surface area contributed by atoms with Crippen LogP contribution in [-0.4, -0.2) is 5.91 Å². The van der Waals surface area contributed by atoms with Crippen LogP contribution in [0.4, 0.5) is 5.69 Å². The van der Waals surface area contributed by atoms with Crippen LogP contribution in [0.15, 0.2) is 39.4 Å². The first kappa shape index (κ1) is 13.9. The molecule has 0 bridgehead atoms. The molecule has 100 valence electrons. The number of hydrogen-bond donors (Lipinski definition) is 1. The molecule has 0 atom stereocenters. The van der Waals surface area contributed by atoms with Crippen LogP contribution in [0, 0.1) is 13.8 Å². The van der Waals surface area contributed by atoms with Gasteiger partial charge in [-0.25, -0.2) is 0 Å². The molecule has 3 nitrogen and oxygen atoms in total. The highest BCUT2D eigenvalue weighted by molar-refractivity contribution is 9.10. The minimum absolute atomic E-state index is 0.0101. The number of rotatable bonds is 4. The molecule has 0 aliphatic rings. The van der Waals surface area contributed by atoms with Crippen LogP contribution < -0.4 is 5.32 Å². The molecule has 0 aliphatic heterocycles. The van der Waals surface area contributed by atoms with E-state index in [1.54, 1.807) is 6.26 Å². The normalized spacial score (nSPS) is 10.5. The van der Waals surface area contributed by atoms with Crippen molar-refractivity contribution in [1.29, 1.82) is 0 Å². The van der Waals surface area contributed by atoms with E-state index in [1.165, 1.54) is 0 Å². The first-order valence-corrected chi connectivity index (χ1v) is 6.94. The summed E-state index contributed by atoms with van der Waals surface area (Å²) in [4.78, 5) is 11.9. The minimum Gasteiger partial charge on any atom is -0.469 e. The second kappa shape index (κ2) is 6.06. The molecule has 2 rings (SSSR count). The van der Waals surface area contributed by atoms with Gasteiger partial charge in [0.2, 0.25) is 5.91 Å². The van der Waals surface area contributed by atoms with Crippen molar-refractivity contribution in [2.45, 2.75) is 26.7 Å². The topological polar surface area (TPSA) is 42.2 Å². The molecule has 1 amide bonds. The monoisotopic (exact) mass is 321 g/mol. The van der Waals surface area contributed by atoms with Crippen LogP contribution in [0.25, 0.3) is 0 Å². The van der Waals surface area contributed by atoms with Gasteiger partial charge in [0.1, 0.15) is 5.76 Å². The van der Waals surface area contributed by atoms with Gasteiger partial charge in [-0.1, -0.05) is 6.07 Å². The Morgan fingerprint density at radius 1 is 1.37 bits per heavy atom. The van der Waals surface area contributed by atoms with Crippen LogP contribution in [0.1, 0.15) is 23.3 Å². The summed E-state index contributed by atoms with van der Waals surface area (Å²) < 4.78 is 6.12. The Morgan fingerprint density at radius 2 is 2.16 bits per heavy atom. The minimum atomic E-state index is -0.0101. The predicted molar refractivity (Wildman–Crippen MR) is 79.3 cm³/mol. The van der Waals surface area contributed by atoms with Gasteiger partial charge in [-0.15, -0.1) is 0 Å². The van der Waals surface area contributed by atoms with Crippen molar-refractivity contribution < 1.29 is 9.21 Å². The zero-order valence-corrected chi connectivity index (χ0v) is 12.6. The highest BCUT2D eigenvalue weighted by atomic mass is 79.9. The van der Waals surface area contributed by atoms with Crippen LogP contribution in [0.5, 0.6) is 0 Å². The fourth-order valence-corrected chi connectivity index (χ4v) is 2.74. The third kappa shape index (κ3) is 3.70. The van der Waals surface area contributed by atoms with E-state index in [1.807, 2.05) is 38.1 Å². The van der Waals surface area contributed by atoms with E-state index in [9.17, 15) is 4.79 Å². The number of anilines is 1. The lowest BCUT2D eigenvalue weighted by atomic mass is 10.1. The molecule has 0 spiro atoms. The fourth-order valence-electron chi connectivity index (χ4n) is 1.97. The summed E-state index contributed by atoms with van der Waals surface area (Å²) in [6.45, 7) is 4.01. The van der Waals surface area contributed by atoms with Gasteiger partial charge in [0.25, 0.3) is 0 Å². The van der Waals surface area contributed by atoms with Crippen LogP contribution in [-0.2, 0) is 11.2 Å². The smallest absolute Gasteiger partial charge is 0.224 e. The molecule has 1 heterocycles. The second-order valence-electron chi connectivity index (χ2n) is 4.57. The van der Waals surface area contributed by atoms with E-state index in [4.69, 9.17) is 4.42 Å². The van der Waals surface area contributed by atoms with E-state index < -0.39 is 0 Å². The highest BCUT2D eigenvalue weighted by Crippen LogP contribution is 2.27. The van der Waals surface area contributed by atoms with Gasteiger partial charge in [-0.3, -0.25) is 4.79 Å². The lowest BCUT2D eigenvalue weighted by molar-refractivity contribution is -0.116. The maximum absolute atomic E-state index is 11.9. The number of hydrogen-bond acceptors (Lipinski definition) is 2. The summed E-state index contributed by atoms with van der Waals surface area (Å²) in [5.74, 6) is 0.818. The lowest BCUT2D eigenvalue weighted by Crippen LogP contribution is -2.13. The average Bonchev–Trinajstić information content (AvgIpc) is 2.84. The van der Waals surface area contributed by atoms with Crippen molar-refractivity contribution in [2.75, 3.05) is 5.32 Å². The molecule has 0 fully saturated rings. The van der Waals surface area contributed by atoms with E-state index in [-0.39, 0.29) is 5.91 Å². The Hall–Kier alpha value is -1.55. The Kier molecular flexibility index (Phi) is 4.43. The Bertz CT molecular complexity index is 553. The number of halogens is 1. The molecule has 0 radical (unpaired) electrons. The molecule has 0 saturated carbocycles. The first-order chi connectivity index (χ1) is 9.06. The van der Waals surface area contributed by atoms with E-state index in [2.05, 4.69) is 21.2 Å². The van der Waals surface area contributed by atoms with Crippen LogP contribution >= 0.6 is 15.9 Å². The van der Waals surface area contributed by atoms with Gasteiger partial charge < -0.3 is 9.73 Å². The summed E-state index contributed by atoms with van der Waals surface area (Å²) in [6.07, 6.45) is 2.64. The molecule has 4 heteroatoms. The SMILES string of the molecule is Cc1cc(C)c(NC(=O)CCc2ccco2)c(Br)c1. The second-order valence-corrected chi connectivity index (χ2v) is 5.42. The standard InChI is InChI=1S/C15H16BrNO2/c1-10-8-11(2)15(13(16)9-10)17-14(18)6-5-12-4-3-7-19-12/h3-4,7-9H,5-6H2,1-2H3,(H,17,18). The quantitative estimate of drug-likeness (QED) is 0.915. The van der Waals surface area contributed by atoms with Crippen molar-refractivity contribution in [3.05, 3.63) is 51.9 Å². The molecular formula is C15H16BrNO2. The summed E-state index contributed by atoms with van der Waals surface area (Å²) in [6, 6.07) is 7.75. The number of benzene rings is 1. The lowest BCUT2D eigenvalue weighted by Gasteiger charge is -2.11. The third-order valence-electron chi connectivity index (χ3n) is 2.87. The summed E-state index contributed by atoms with van der Waals surface area (Å²) in [7, 11) is 0. The van der Waals surface area contributed by atoms with Crippen molar-refractivity contribution in [2.24, 2.45) is 0 Å². The number of nitrogens with one attached hydrogen (secondary N) is 1. The summed E-state index contributed by atoms with van der Waals surface area (Å²) >= 11 is 3.48. The van der Waals surface area contributed by atoms with Crippen molar-refractivity contribution in [3.63, 3.8) is 0 Å². The molecule has 1 aromatic heterocycles. The summed E-state index contributed by atoms with van der Waals surface area (Å²) in [5.41, 5.74) is 3.06. The van der Waals surface area contributed by atoms with Crippen molar-refractivity contribution in [3.8, 4) is 0 Å². The maximum Gasteiger partial charge on any atom is 0.224 e. The van der Waals surface area contributed by atoms with E-state index in [0.717, 1.165) is 27.0 Å². The molecular weight excluding hydrogens is 306 g/mol.